The number of benzene rings is 1. The number of rotatable bonds is 2. The predicted molar refractivity (Wildman–Crippen MR) is 47.9 cm³/mol. The summed E-state index contributed by atoms with van der Waals surface area (Å²) in [5.74, 6) is 0. The summed E-state index contributed by atoms with van der Waals surface area (Å²) in [6.45, 7) is 4.98. The normalized spacial score (nSPS) is 11.1. The Bertz CT molecular complexity index is 344. The van der Waals surface area contributed by atoms with Gasteiger partial charge in [-0.15, -0.1) is 5.10 Å². The molecule has 0 heterocycles. The van der Waals surface area contributed by atoms with Crippen LogP contribution in [0.1, 0.15) is 11.1 Å². The van der Waals surface area contributed by atoms with Crippen LogP contribution in [0, 0.1) is 6.92 Å². The molecule has 0 aromatic heterocycles. The number of hydrazone groups is 1. The molecule has 0 amide bonds. The lowest BCUT2D eigenvalue weighted by molar-refractivity contribution is -0.408. The van der Waals surface area contributed by atoms with Crippen LogP contribution in [0.2, 0.25) is 0 Å². The number of halogens is 3. The average molecular weight is 203 g/mol. The molecular formula is C9H10F3N2+. The molecule has 0 radical (unpaired) electrons. The van der Waals surface area contributed by atoms with Gasteiger partial charge in [0, 0.05) is 0 Å². The number of anilines is 1. The third-order valence-corrected chi connectivity index (χ3v) is 1.79. The van der Waals surface area contributed by atoms with Crippen LogP contribution >= 0.6 is 0 Å². The van der Waals surface area contributed by atoms with Gasteiger partial charge in [-0.05, 0) is 24.6 Å². The summed E-state index contributed by atoms with van der Waals surface area (Å²) < 4.78 is 36.8. The van der Waals surface area contributed by atoms with Crippen molar-refractivity contribution in [1.82, 2.24) is 0 Å². The van der Waals surface area contributed by atoms with Gasteiger partial charge in [-0.3, -0.25) is 0 Å². The van der Waals surface area contributed by atoms with E-state index in [1.807, 2.05) is 0 Å². The fraction of sp³-hybridized carbons (Fsp3) is 0.222. The van der Waals surface area contributed by atoms with Gasteiger partial charge in [0.1, 0.15) is 0 Å². The monoisotopic (exact) mass is 203 g/mol. The number of hydrogen-bond donors (Lipinski definition) is 2. The summed E-state index contributed by atoms with van der Waals surface area (Å²) >= 11 is 0. The minimum absolute atomic E-state index is 0.370. The molecule has 14 heavy (non-hydrogen) atoms. The van der Waals surface area contributed by atoms with E-state index in [9.17, 15) is 13.2 Å². The quantitative estimate of drug-likeness (QED) is 0.546. The molecule has 0 unspecified atom stereocenters. The predicted octanol–water partition coefficient (Wildman–Crippen LogP) is 1.12. The molecule has 2 N–H and O–H groups in total. The van der Waals surface area contributed by atoms with Crippen molar-refractivity contribution in [3.8, 4) is 0 Å². The van der Waals surface area contributed by atoms with Gasteiger partial charge in [-0.25, -0.2) is 0 Å². The summed E-state index contributed by atoms with van der Waals surface area (Å²) in [4.78, 5) is 0. The van der Waals surface area contributed by atoms with E-state index in [1.54, 1.807) is 6.92 Å². The van der Waals surface area contributed by atoms with Crippen LogP contribution in [0.15, 0.2) is 18.2 Å². The summed E-state index contributed by atoms with van der Waals surface area (Å²) in [6, 6.07) is 3.49. The Kier molecular flexibility index (Phi) is 2.78. The van der Waals surface area contributed by atoms with Crippen molar-refractivity contribution in [2.24, 2.45) is 0 Å². The molecule has 2 nitrogen and oxygen atoms in total. The van der Waals surface area contributed by atoms with Gasteiger partial charge in [0.2, 0.25) is 0 Å². The van der Waals surface area contributed by atoms with E-state index in [-0.39, 0.29) is 0 Å². The molecule has 1 rings (SSSR count). The Hall–Kier alpha value is -1.52. The molecule has 0 aliphatic carbocycles. The van der Waals surface area contributed by atoms with Gasteiger partial charge in [0.05, 0.1) is 11.3 Å². The topological polar surface area (TPSA) is 26.0 Å². The van der Waals surface area contributed by atoms with Crippen LogP contribution in [-0.2, 0) is 6.18 Å². The van der Waals surface area contributed by atoms with Gasteiger partial charge >= 0.3 is 6.18 Å². The SMILES string of the molecule is C=[NH+]Nc1cc(C(F)(F)F)ccc1C. The second kappa shape index (κ2) is 3.69. The van der Waals surface area contributed by atoms with Crippen molar-refractivity contribution in [1.29, 1.82) is 0 Å². The smallest absolute Gasteiger partial charge is 0.168 e. The molecule has 1 aromatic carbocycles. The van der Waals surface area contributed by atoms with Crippen LogP contribution in [-0.4, -0.2) is 6.72 Å². The Morgan fingerprint density at radius 3 is 2.50 bits per heavy atom. The molecule has 76 valence electrons. The zero-order chi connectivity index (χ0) is 10.8. The molecule has 0 aliphatic rings. The maximum Gasteiger partial charge on any atom is 0.416 e. The van der Waals surface area contributed by atoms with Gasteiger partial charge in [-0.1, -0.05) is 6.07 Å². The molecule has 0 bridgehead atoms. The van der Waals surface area contributed by atoms with E-state index < -0.39 is 11.7 Å². The minimum atomic E-state index is -4.31. The first kappa shape index (κ1) is 10.6. The maximum absolute atomic E-state index is 12.3. The van der Waals surface area contributed by atoms with Crippen LogP contribution < -0.4 is 10.5 Å². The lowest BCUT2D eigenvalue weighted by Gasteiger charge is -2.08. The Balaban J connectivity index is 3.12. The molecule has 0 atom stereocenters. The molecular weight excluding hydrogens is 193 g/mol. The van der Waals surface area contributed by atoms with Crippen LogP contribution in [0.25, 0.3) is 0 Å². The first-order valence-electron chi connectivity index (χ1n) is 3.91. The van der Waals surface area contributed by atoms with E-state index in [2.05, 4.69) is 17.2 Å². The lowest BCUT2D eigenvalue weighted by Crippen LogP contribution is -2.71. The summed E-state index contributed by atoms with van der Waals surface area (Å²) in [5, 5.41) is 2.34. The fourth-order valence-corrected chi connectivity index (χ4v) is 1.03. The van der Waals surface area contributed by atoms with E-state index in [1.165, 1.54) is 6.07 Å². The average Bonchev–Trinajstić information content (AvgIpc) is 2.07. The number of nitrogens with one attached hydrogen (secondary N) is 2. The highest BCUT2D eigenvalue weighted by Gasteiger charge is 2.30. The first-order chi connectivity index (χ1) is 6.45. The Morgan fingerprint density at radius 2 is 2.00 bits per heavy atom. The van der Waals surface area contributed by atoms with E-state index in [0.29, 0.717) is 11.3 Å². The van der Waals surface area contributed by atoms with Gasteiger partial charge in [0.25, 0.3) is 0 Å². The standard InChI is InChI=1S/C9H9F3N2/c1-6-3-4-7(9(10,11)12)5-8(6)14-13-2/h3-5,14H,2H2,1H3/p+1. The number of alkyl halides is 3. The second-order valence-electron chi connectivity index (χ2n) is 2.83. The molecule has 0 saturated heterocycles. The molecule has 0 aliphatic heterocycles. The van der Waals surface area contributed by atoms with Crippen molar-refractivity contribution < 1.29 is 18.3 Å². The molecule has 1 aromatic rings. The highest BCUT2D eigenvalue weighted by Crippen LogP contribution is 2.31. The first-order valence-corrected chi connectivity index (χ1v) is 3.91. The van der Waals surface area contributed by atoms with Gasteiger partial charge in [-0.2, -0.15) is 18.6 Å². The minimum Gasteiger partial charge on any atom is -0.168 e. The maximum atomic E-state index is 12.3. The zero-order valence-corrected chi connectivity index (χ0v) is 7.57. The van der Waals surface area contributed by atoms with Crippen LogP contribution in [0.4, 0.5) is 18.9 Å². The van der Waals surface area contributed by atoms with E-state index in [4.69, 9.17) is 0 Å². The Morgan fingerprint density at radius 1 is 1.36 bits per heavy atom. The highest BCUT2D eigenvalue weighted by molar-refractivity contribution is 5.51. The summed E-state index contributed by atoms with van der Waals surface area (Å²) in [6.07, 6.45) is -4.31. The van der Waals surface area contributed by atoms with Crippen molar-refractivity contribution in [2.75, 3.05) is 5.43 Å². The fourth-order valence-electron chi connectivity index (χ4n) is 1.03. The molecule has 0 saturated carbocycles. The van der Waals surface area contributed by atoms with Crippen molar-refractivity contribution >= 4 is 12.4 Å². The van der Waals surface area contributed by atoms with Crippen molar-refractivity contribution in [3.63, 3.8) is 0 Å². The largest absolute Gasteiger partial charge is 0.416 e. The lowest BCUT2D eigenvalue weighted by atomic mass is 10.1. The zero-order valence-electron chi connectivity index (χ0n) is 7.57. The highest BCUT2D eigenvalue weighted by atomic mass is 19.4. The van der Waals surface area contributed by atoms with Crippen molar-refractivity contribution in [2.45, 2.75) is 13.1 Å². The number of aryl methyl sites for hydroxylation is 1. The van der Waals surface area contributed by atoms with Crippen LogP contribution in [0.3, 0.4) is 0 Å². The third-order valence-electron chi connectivity index (χ3n) is 1.79. The van der Waals surface area contributed by atoms with Gasteiger partial charge in [0.15, 0.2) is 6.72 Å². The van der Waals surface area contributed by atoms with E-state index in [0.717, 1.165) is 12.1 Å². The third kappa shape index (κ3) is 2.25. The number of hydrogen-bond acceptors (Lipinski definition) is 1. The Labute approximate surface area is 79.4 Å². The van der Waals surface area contributed by atoms with Crippen molar-refractivity contribution in [3.05, 3.63) is 29.3 Å². The summed E-state index contributed by atoms with van der Waals surface area (Å²) in [7, 11) is 0. The van der Waals surface area contributed by atoms with Crippen LogP contribution in [0.5, 0.6) is 0 Å². The summed E-state index contributed by atoms with van der Waals surface area (Å²) in [5.41, 5.74) is 2.93. The molecule has 0 spiro atoms. The second-order valence-corrected chi connectivity index (χ2v) is 2.83. The molecule has 0 fully saturated rings. The van der Waals surface area contributed by atoms with E-state index >= 15 is 0 Å². The number of hydrazine groups is 1. The molecule has 5 heteroatoms. The van der Waals surface area contributed by atoms with Gasteiger partial charge < -0.3 is 0 Å².